The molecule has 0 saturated carbocycles. The number of nitrogens with zero attached hydrogens (tertiary/aromatic N) is 2. The number of hydrogen-bond donors (Lipinski definition) is 3. The van der Waals surface area contributed by atoms with Crippen molar-refractivity contribution in [2.75, 3.05) is 13.2 Å². The first-order valence-corrected chi connectivity index (χ1v) is 9.82. The van der Waals surface area contributed by atoms with E-state index in [0.29, 0.717) is 30.1 Å². The summed E-state index contributed by atoms with van der Waals surface area (Å²) in [5.74, 6) is -1.22. The number of amides is 1. The van der Waals surface area contributed by atoms with Gasteiger partial charge in [0.2, 0.25) is 5.91 Å². The molecular formula is C22H23FN4O3. The van der Waals surface area contributed by atoms with Gasteiger partial charge in [-0.05, 0) is 49.6 Å². The molecule has 8 heteroatoms. The molecule has 2 aromatic heterocycles. The highest BCUT2D eigenvalue weighted by Crippen LogP contribution is 2.35. The lowest BCUT2D eigenvalue weighted by Crippen LogP contribution is -2.37. The predicted octanol–water partition coefficient (Wildman–Crippen LogP) is 3.34. The zero-order chi connectivity index (χ0) is 21.3. The molecule has 3 heterocycles. The zero-order valence-corrected chi connectivity index (χ0v) is 16.6. The van der Waals surface area contributed by atoms with Gasteiger partial charge < -0.3 is 20.1 Å². The van der Waals surface area contributed by atoms with Gasteiger partial charge in [-0.1, -0.05) is 12.6 Å². The molecular weight excluding hydrogens is 387 g/mol. The van der Waals surface area contributed by atoms with Gasteiger partial charge in [0.25, 0.3) is 0 Å². The fourth-order valence-electron chi connectivity index (χ4n) is 4.00. The molecule has 0 spiro atoms. The molecule has 0 aliphatic carbocycles. The molecule has 1 amide bonds. The van der Waals surface area contributed by atoms with Crippen molar-refractivity contribution in [1.82, 2.24) is 20.5 Å². The number of ether oxygens (including phenoxy) is 1. The highest BCUT2D eigenvalue weighted by molar-refractivity contribution is 5.87. The second-order valence-corrected chi connectivity index (χ2v) is 7.50. The number of H-pyrrole nitrogens is 1. The number of aryl methyl sites for hydroxylation is 1. The van der Waals surface area contributed by atoms with Gasteiger partial charge in [-0.3, -0.25) is 4.79 Å². The number of carbonyl (C=O) groups excluding carboxylic acids is 1. The number of nitrogens with one attached hydrogen (secondary N) is 2. The SMILES string of the molecule is C=CC(=O)N[C@H]1COCC[C@H](c2[nH]c3nnc(-c4cccc(F)c4O)cc3c2C)C1. The smallest absolute Gasteiger partial charge is 0.243 e. The summed E-state index contributed by atoms with van der Waals surface area (Å²) >= 11 is 0. The van der Waals surface area contributed by atoms with Gasteiger partial charge in [0.15, 0.2) is 17.2 Å². The maximum atomic E-state index is 13.7. The van der Waals surface area contributed by atoms with Crippen LogP contribution in [0.15, 0.2) is 36.9 Å². The average Bonchev–Trinajstić information content (AvgIpc) is 2.91. The Kier molecular flexibility index (Phi) is 5.50. The van der Waals surface area contributed by atoms with Crippen molar-refractivity contribution >= 4 is 16.9 Å². The van der Waals surface area contributed by atoms with E-state index >= 15 is 0 Å². The zero-order valence-electron chi connectivity index (χ0n) is 16.6. The molecule has 3 N–H and O–H groups in total. The van der Waals surface area contributed by atoms with Crippen molar-refractivity contribution in [3.8, 4) is 17.0 Å². The molecule has 2 atom stereocenters. The van der Waals surface area contributed by atoms with E-state index < -0.39 is 11.6 Å². The number of hydrogen-bond acceptors (Lipinski definition) is 5. The highest BCUT2D eigenvalue weighted by atomic mass is 19.1. The molecule has 0 radical (unpaired) electrons. The first kappa shape index (κ1) is 20.0. The summed E-state index contributed by atoms with van der Waals surface area (Å²) in [4.78, 5) is 15.1. The summed E-state index contributed by atoms with van der Waals surface area (Å²) in [6, 6.07) is 6.01. The summed E-state index contributed by atoms with van der Waals surface area (Å²) in [6.45, 7) is 6.54. The Labute approximate surface area is 173 Å². The number of aromatic hydroxyl groups is 1. The third-order valence-electron chi connectivity index (χ3n) is 5.56. The fraction of sp³-hybridized carbons (Fsp3) is 0.318. The van der Waals surface area contributed by atoms with Crippen LogP contribution in [-0.2, 0) is 9.53 Å². The highest BCUT2D eigenvalue weighted by Gasteiger charge is 2.26. The Morgan fingerprint density at radius 2 is 2.27 bits per heavy atom. The molecule has 30 heavy (non-hydrogen) atoms. The fourth-order valence-corrected chi connectivity index (χ4v) is 4.00. The molecule has 1 aliphatic heterocycles. The minimum atomic E-state index is -0.702. The van der Waals surface area contributed by atoms with Crippen LogP contribution in [0.4, 0.5) is 4.39 Å². The second-order valence-electron chi connectivity index (χ2n) is 7.50. The van der Waals surface area contributed by atoms with E-state index in [-0.39, 0.29) is 17.9 Å². The van der Waals surface area contributed by atoms with E-state index in [4.69, 9.17) is 4.74 Å². The summed E-state index contributed by atoms with van der Waals surface area (Å²) < 4.78 is 19.4. The van der Waals surface area contributed by atoms with Gasteiger partial charge in [-0.25, -0.2) is 4.39 Å². The minimum absolute atomic E-state index is 0.111. The molecule has 1 fully saturated rings. The van der Waals surface area contributed by atoms with Crippen LogP contribution >= 0.6 is 0 Å². The van der Waals surface area contributed by atoms with Gasteiger partial charge in [-0.15, -0.1) is 10.2 Å². The van der Waals surface area contributed by atoms with Crippen LogP contribution < -0.4 is 5.32 Å². The van der Waals surface area contributed by atoms with Crippen LogP contribution in [0.2, 0.25) is 0 Å². The van der Waals surface area contributed by atoms with Gasteiger partial charge in [-0.2, -0.15) is 0 Å². The quantitative estimate of drug-likeness (QED) is 0.573. The lowest BCUT2D eigenvalue weighted by atomic mass is 9.92. The average molecular weight is 410 g/mol. The maximum absolute atomic E-state index is 13.7. The van der Waals surface area contributed by atoms with Gasteiger partial charge in [0.05, 0.1) is 18.3 Å². The van der Waals surface area contributed by atoms with Gasteiger partial charge >= 0.3 is 0 Å². The molecule has 3 aromatic rings. The number of halogens is 1. The van der Waals surface area contributed by atoms with Crippen LogP contribution in [0.5, 0.6) is 5.75 Å². The molecule has 7 nitrogen and oxygen atoms in total. The predicted molar refractivity (Wildman–Crippen MR) is 111 cm³/mol. The molecule has 0 bridgehead atoms. The number of aromatic nitrogens is 3. The number of aromatic amines is 1. The molecule has 1 aliphatic rings. The van der Waals surface area contributed by atoms with Crippen molar-refractivity contribution in [1.29, 1.82) is 0 Å². The Balaban J connectivity index is 1.68. The molecule has 156 valence electrons. The molecule has 1 saturated heterocycles. The molecule has 4 rings (SSSR count). The van der Waals surface area contributed by atoms with E-state index in [9.17, 15) is 14.3 Å². The topological polar surface area (TPSA) is 100 Å². The normalized spacial score (nSPS) is 19.4. The van der Waals surface area contributed by atoms with Crippen molar-refractivity contribution in [3.63, 3.8) is 0 Å². The number of phenolic OH excluding ortho intramolecular Hbond substituents is 1. The van der Waals surface area contributed by atoms with E-state index in [1.54, 1.807) is 12.1 Å². The van der Waals surface area contributed by atoms with Crippen LogP contribution in [0, 0.1) is 12.7 Å². The number of carbonyl (C=O) groups is 1. The number of fused-ring (bicyclic) bond motifs is 1. The number of rotatable bonds is 4. The Hall–Kier alpha value is -3.26. The van der Waals surface area contributed by atoms with E-state index in [0.717, 1.165) is 29.5 Å². The molecule has 1 aromatic carbocycles. The van der Waals surface area contributed by atoms with Crippen LogP contribution in [-0.4, -0.2) is 45.5 Å². The van der Waals surface area contributed by atoms with E-state index in [1.165, 1.54) is 18.2 Å². The Morgan fingerprint density at radius 3 is 3.07 bits per heavy atom. The standard InChI is InChI=1S/C22H23FN4O3/c1-3-19(28)24-14-9-13(7-8-30-11-14)20-12(2)16-10-18(26-27-22(16)25-20)15-5-4-6-17(23)21(15)29/h3-6,10,13-14,29H,1,7-9,11H2,2H3,(H,24,28)(H,25,27)/t13-,14+/m0/s1. The third kappa shape index (κ3) is 3.78. The van der Waals surface area contributed by atoms with Gasteiger partial charge in [0, 0.05) is 29.2 Å². The summed E-state index contributed by atoms with van der Waals surface area (Å²) in [7, 11) is 0. The first-order valence-electron chi connectivity index (χ1n) is 9.82. The van der Waals surface area contributed by atoms with Crippen molar-refractivity contribution in [2.24, 2.45) is 0 Å². The van der Waals surface area contributed by atoms with Gasteiger partial charge in [0.1, 0.15) is 0 Å². The minimum Gasteiger partial charge on any atom is -0.504 e. The Bertz CT molecular complexity index is 1110. The monoisotopic (exact) mass is 410 g/mol. The molecule has 0 unspecified atom stereocenters. The number of para-hydroxylation sites is 1. The third-order valence-corrected chi connectivity index (χ3v) is 5.56. The maximum Gasteiger partial charge on any atom is 0.243 e. The van der Waals surface area contributed by atoms with Crippen LogP contribution in [0.3, 0.4) is 0 Å². The lowest BCUT2D eigenvalue weighted by Gasteiger charge is -2.19. The second kappa shape index (κ2) is 8.23. The Morgan fingerprint density at radius 1 is 1.43 bits per heavy atom. The first-order chi connectivity index (χ1) is 14.5. The van der Waals surface area contributed by atoms with Crippen molar-refractivity contribution < 1.29 is 19.0 Å². The summed E-state index contributed by atoms with van der Waals surface area (Å²) in [6.07, 6.45) is 2.78. The van der Waals surface area contributed by atoms with Crippen molar-refractivity contribution in [2.45, 2.75) is 31.7 Å². The largest absolute Gasteiger partial charge is 0.504 e. The number of benzene rings is 1. The van der Waals surface area contributed by atoms with E-state index in [1.807, 2.05) is 6.92 Å². The van der Waals surface area contributed by atoms with Crippen LogP contribution in [0.1, 0.15) is 30.0 Å². The van der Waals surface area contributed by atoms with Crippen molar-refractivity contribution in [3.05, 3.63) is 54.0 Å². The van der Waals surface area contributed by atoms with E-state index in [2.05, 4.69) is 27.1 Å². The summed E-state index contributed by atoms with van der Waals surface area (Å²) in [5.41, 5.74) is 3.34. The summed E-state index contributed by atoms with van der Waals surface area (Å²) in [5, 5.41) is 22.2. The number of phenols is 1. The van der Waals surface area contributed by atoms with Crippen LogP contribution in [0.25, 0.3) is 22.3 Å². The lowest BCUT2D eigenvalue weighted by molar-refractivity contribution is -0.117.